The van der Waals surface area contributed by atoms with E-state index in [1.807, 2.05) is 6.92 Å². The van der Waals surface area contributed by atoms with E-state index in [4.69, 9.17) is 32.7 Å². The maximum absolute atomic E-state index is 12.6. The first-order valence-electron chi connectivity index (χ1n) is 7.99. The third-order valence-corrected chi connectivity index (χ3v) is 3.51. The number of rotatable bonds is 11. The van der Waals surface area contributed by atoms with Gasteiger partial charge in [0.2, 0.25) is 0 Å². The maximum atomic E-state index is 12.6. The van der Waals surface area contributed by atoms with Crippen LogP contribution in [0, 0.1) is 0 Å². The minimum absolute atomic E-state index is 0. The molecule has 0 saturated heterocycles. The minimum Gasteiger partial charge on any atom is -0.433 e. The van der Waals surface area contributed by atoms with Crippen LogP contribution in [0.15, 0.2) is 17.1 Å². The van der Waals surface area contributed by atoms with Crippen molar-refractivity contribution in [3.8, 4) is 5.75 Å². The summed E-state index contributed by atoms with van der Waals surface area (Å²) < 4.78 is 39.9. The molecule has 2 N–H and O–H groups in total. The van der Waals surface area contributed by atoms with Crippen LogP contribution in [0.5, 0.6) is 5.75 Å². The fourth-order valence-electron chi connectivity index (χ4n) is 1.94. The Hall–Kier alpha value is -0.620. The molecule has 0 spiro atoms. The molecule has 0 aliphatic rings. The average Bonchev–Trinajstić information content (AvgIpc) is 2.58. The predicted octanol–water partition coefficient (Wildman–Crippen LogP) is 3.93. The molecule has 6 nitrogen and oxygen atoms in total. The third-order valence-electron chi connectivity index (χ3n) is 3.01. The molecule has 0 aromatic heterocycles. The number of benzene rings is 1. The lowest BCUT2D eigenvalue weighted by Gasteiger charge is -2.14. The molecule has 11 heteroatoms. The van der Waals surface area contributed by atoms with Crippen LogP contribution in [-0.2, 0) is 16.0 Å². The normalized spacial score (nSPS) is 11.3. The molecule has 1 rings (SSSR count). The van der Waals surface area contributed by atoms with Crippen molar-refractivity contribution in [2.24, 2.45) is 4.99 Å². The molecule has 156 valence electrons. The smallest absolute Gasteiger partial charge is 0.387 e. The first kappa shape index (κ1) is 26.4. The summed E-state index contributed by atoms with van der Waals surface area (Å²) in [5, 5.41) is 6.44. The topological polar surface area (TPSA) is 64.1 Å². The van der Waals surface area contributed by atoms with Crippen molar-refractivity contribution in [3.63, 3.8) is 0 Å². The zero-order valence-corrected chi connectivity index (χ0v) is 18.9. The molecular weight excluding hydrogens is 518 g/mol. The zero-order valence-electron chi connectivity index (χ0n) is 15.1. The van der Waals surface area contributed by atoms with Crippen molar-refractivity contribution < 1.29 is 23.0 Å². The van der Waals surface area contributed by atoms with Crippen molar-refractivity contribution in [1.29, 1.82) is 0 Å². The second-order valence-electron chi connectivity index (χ2n) is 4.98. The number of aliphatic imine (C=N–C) groups is 1. The van der Waals surface area contributed by atoms with Crippen LogP contribution in [-0.4, -0.2) is 52.6 Å². The fraction of sp³-hybridized carbons (Fsp3) is 0.562. The molecule has 0 saturated carbocycles. The SMILES string of the molecule is CCNC(=NCc1cc(Cl)cc(Cl)c1OC(F)F)NCCOCCOC.I. The van der Waals surface area contributed by atoms with E-state index in [-0.39, 0.29) is 41.3 Å². The van der Waals surface area contributed by atoms with Crippen LogP contribution in [0.2, 0.25) is 10.0 Å². The minimum atomic E-state index is -2.99. The van der Waals surface area contributed by atoms with Gasteiger partial charge in [0.1, 0.15) is 5.75 Å². The van der Waals surface area contributed by atoms with Crippen LogP contribution in [0.4, 0.5) is 8.78 Å². The number of hydrogen-bond donors (Lipinski definition) is 2. The van der Waals surface area contributed by atoms with Gasteiger partial charge in [0.15, 0.2) is 5.96 Å². The molecule has 1 aromatic carbocycles. The Morgan fingerprint density at radius 3 is 2.56 bits per heavy atom. The van der Waals surface area contributed by atoms with Crippen LogP contribution in [0.25, 0.3) is 0 Å². The summed E-state index contributed by atoms with van der Waals surface area (Å²) in [7, 11) is 1.60. The number of hydrogen-bond acceptors (Lipinski definition) is 4. The highest BCUT2D eigenvalue weighted by atomic mass is 127. The summed E-state index contributed by atoms with van der Waals surface area (Å²) in [6, 6.07) is 2.83. The molecule has 27 heavy (non-hydrogen) atoms. The summed E-state index contributed by atoms with van der Waals surface area (Å²) in [5.74, 6) is 0.371. The number of methoxy groups -OCH3 is 1. The number of alkyl halides is 2. The van der Waals surface area contributed by atoms with Gasteiger partial charge < -0.3 is 24.8 Å². The van der Waals surface area contributed by atoms with E-state index >= 15 is 0 Å². The van der Waals surface area contributed by atoms with E-state index in [0.717, 1.165) is 0 Å². The Kier molecular flexibility index (Phi) is 15.0. The Balaban J connectivity index is 0.00000676. The molecule has 0 atom stereocenters. The molecular formula is C16H24Cl2F2IN3O3. The van der Waals surface area contributed by atoms with Crippen molar-refractivity contribution in [3.05, 3.63) is 27.7 Å². The standard InChI is InChI=1S/C16H23Cl2F2N3O3.HI/c1-3-21-16(22-4-5-25-7-6-24-2)23-10-11-8-12(17)9-13(18)14(11)26-15(19)20;/h8-9,15H,3-7,10H2,1-2H3,(H2,21,22,23);1H. The van der Waals surface area contributed by atoms with E-state index in [1.54, 1.807) is 7.11 Å². The number of ether oxygens (including phenoxy) is 3. The van der Waals surface area contributed by atoms with Crippen LogP contribution in [0.1, 0.15) is 12.5 Å². The van der Waals surface area contributed by atoms with E-state index in [9.17, 15) is 8.78 Å². The Labute approximate surface area is 184 Å². The van der Waals surface area contributed by atoms with Gasteiger partial charge in [0, 0.05) is 30.8 Å². The second kappa shape index (κ2) is 15.3. The quantitative estimate of drug-likeness (QED) is 0.192. The molecule has 0 aliphatic heterocycles. The summed E-state index contributed by atoms with van der Waals surface area (Å²) in [4.78, 5) is 4.34. The third kappa shape index (κ3) is 11.1. The van der Waals surface area contributed by atoms with Crippen molar-refractivity contribution in [1.82, 2.24) is 10.6 Å². The highest BCUT2D eigenvalue weighted by Crippen LogP contribution is 2.34. The number of guanidine groups is 1. The lowest BCUT2D eigenvalue weighted by Crippen LogP contribution is -2.39. The van der Waals surface area contributed by atoms with Gasteiger partial charge in [-0.1, -0.05) is 23.2 Å². The van der Waals surface area contributed by atoms with Gasteiger partial charge in [-0.25, -0.2) is 4.99 Å². The Bertz CT molecular complexity index is 584. The lowest BCUT2D eigenvalue weighted by molar-refractivity contribution is -0.0503. The van der Waals surface area contributed by atoms with E-state index in [1.165, 1.54) is 12.1 Å². The van der Waals surface area contributed by atoms with Crippen molar-refractivity contribution in [2.45, 2.75) is 20.1 Å². The highest BCUT2D eigenvalue weighted by Gasteiger charge is 2.15. The van der Waals surface area contributed by atoms with Gasteiger partial charge in [-0.15, -0.1) is 24.0 Å². The van der Waals surface area contributed by atoms with Gasteiger partial charge in [-0.2, -0.15) is 8.78 Å². The lowest BCUT2D eigenvalue weighted by atomic mass is 10.2. The second-order valence-corrected chi connectivity index (χ2v) is 5.83. The van der Waals surface area contributed by atoms with Gasteiger partial charge in [0.25, 0.3) is 0 Å². The molecule has 0 radical (unpaired) electrons. The predicted molar refractivity (Wildman–Crippen MR) is 114 cm³/mol. The van der Waals surface area contributed by atoms with E-state index in [2.05, 4.69) is 20.4 Å². The first-order valence-corrected chi connectivity index (χ1v) is 8.75. The van der Waals surface area contributed by atoms with E-state index in [0.29, 0.717) is 49.5 Å². The van der Waals surface area contributed by atoms with Gasteiger partial charge in [-0.05, 0) is 19.1 Å². The molecule has 0 bridgehead atoms. The monoisotopic (exact) mass is 541 g/mol. The summed E-state index contributed by atoms with van der Waals surface area (Å²) in [6.45, 7) is 1.62. The molecule has 0 heterocycles. The molecule has 0 amide bonds. The van der Waals surface area contributed by atoms with Gasteiger partial charge in [0.05, 0.1) is 31.4 Å². The Morgan fingerprint density at radius 2 is 1.93 bits per heavy atom. The van der Waals surface area contributed by atoms with Gasteiger partial charge in [-0.3, -0.25) is 0 Å². The van der Waals surface area contributed by atoms with Crippen LogP contribution < -0.4 is 15.4 Å². The fourth-order valence-corrected chi connectivity index (χ4v) is 2.52. The average molecular weight is 542 g/mol. The number of nitrogens with zero attached hydrogens (tertiary/aromatic N) is 1. The highest BCUT2D eigenvalue weighted by molar-refractivity contribution is 14.0. The van der Waals surface area contributed by atoms with Crippen molar-refractivity contribution in [2.75, 3.05) is 40.0 Å². The van der Waals surface area contributed by atoms with Crippen LogP contribution >= 0.6 is 47.2 Å². The molecule has 0 fully saturated rings. The summed E-state index contributed by atoms with van der Waals surface area (Å²) >= 11 is 11.9. The molecule has 0 unspecified atom stereocenters. The molecule has 0 aliphatic carbocycles. The number of halogens is 5. The summed E-state index contributed by atoms with van der Waals surface area (Å²) in [5.41, 5.74) is 0.358. The van der Waals surface area contributed by atoms with Crippen molar-refractivity contribution >= 4 is 53.1 Å². The summed E-state index contributed by atoms with van der Waals surface area (Å²) in [6.07, 6.45) is 0. The first-order chi connectivity index (χ1) is 12.5. The maximum Gasteiger partial charge on any atom is 0.387 e. The zero-order chi connectivity index (χ0) is 19.4. The number of nitrogens with one attached hydrogen (secondary N) is 2. The Morgan fingerprint density at radius 1 is 1.19 bits per heavy atom. The van der Waals surface area contributed by atoms with E-state index < -0.39 is 6.61 Å². The largest absolute Gasteiger partial charge is 0.433 e. The van der Waals surface area contributed by atoms with Crippen LogP contribution in [0.3, 0.4) is 0 Å². The van der Waals surface area contributed by atoms with Gasteiger partial charge >= 0.3 is 6.61 Å². The molecule has 1 aromatic rings.